The molecule has 0 atom stereocenters. The molecule has 0 radical (unpaired) electrons. The van der Waals surface area contributed by atoms with Gasteiger partial charge in [0.25, 0.3) is 0 Å². The summed E-state index contributed by atoms with van der Waals surface area (Å²) in [5.41, 5.74) is 5.84. The van der Waals surface area contributed by atoms with Gasteiger partial charge in [0.2, 0.25) is 0 Å². The van der Waals surface area contributed by atoms with Crippen LogP contribution in [0.4, 0.5) is 0 Å². The first kappa shape index (κ1) is 17.3. The van der Waals surface area contributed by atoms with E-state index in [1.165, 1.54) is 16.7 Å². The molecular weight excluding hydrogens is 308 g/mol. The highest BCUT2D eigenvalue weighted by molar-refractivity contribution is 5.67. The second kappa shape index (κ2) is 6.75. The van der Waals surface area contributed by atoms with E-state index >= 15 is 0 Å². The lowest BCUT2D eigenvalue weighted by molar-refractivity contribution is 0.198. The first-order chi connectivity index (χ1) is 11.8. The monoisotopic (exact) mass is 334 g/mol. The number of aryl methyl sites for hydroxylation is 2. The highest BCUT2D eigenvalue weighted by Crippen LogP contribution is 2.27. The van der Waals surface area contributed by atoms with Crippen LogP contribution in [-0.2, 0) is 0 Å². The number of hydrogen-bond acceptors (Lipinski definition) is 2. The van der Waals surface area contributed by atoms with E-state index in [0.717, 1.165) is 17.1 Å². The van der Waals surface area contributed by atoms with Crippen molar-refractivity contribution < 1.29 is 4.74 Å². The van der Waals surface area contributed by atoms with Gasteiger partial charge in [0.15, 0.2) is 0 Å². The second-order valence-electron chi connectivity index (χ2n) is 7.78. The Morgan fingerprint density at radius 1 is 0.920 bits per heavy atom. The topological polar surface area (TPSA) is 27.1 Å². The van der Waals surface area contributed by atoms with Crippen LogP contribution in [0.5, 0.6) is 5.75 Å². The molecule has 0 aliphatic carbocycles. The first-order valence-electron chi connectivity index (χ1n) is 8.68. The summed E-state index contributed by atoms with van der Waals surface area (Å²) >= 11 is 0. The van der Waals surface area contributed by atoms with E-state index in [1.54, 1.807) is 0 Å². The Kier molecular flexibility index (Phi) is 4.67. The molecule has 0 unspecified atom stereocenters. The summed E-state index contributed by atoms with van der Waals surface area (Å²) in [5, 5.41) is 4.53. The normalized spacial score (nSPS) is 11.6. The fourth-order valence-electron chi connectivity index (χ4n) is 2.63. The number of nitrogens with zero attached hydrogens (tertiary/aromatic N) is 2. The van der Waals surface area contributed by atoms with Crippen molar-refractivity contribution in [1.82, 2.24) is 9.78 Å². The second-order valence-corrected chi connectivity index (χ2v) is 7.78. The van der Waals surface area contributed by atoms with Crippen LogP contribution in [-0.4, -0.2) is 16.4 Å². The van der Waals surface area contributed by atoms with Gasteiger partial charge in [-0.25, -0.2) is 4.68 Å². The van der Waals surface area contributed by atoms with Crippen molar-refractivity contribution in [2.24, 2.45) is 5.41 Å². The molecule has 0 saturated heterocycles. The Hall–Kier alpha value is -2.55. The summed E-state index contributed by atoms with van der Waals surface area (Å²) in [5.74, 6) is 0.911. The van der Waals surface area contributed by atoms with Gasteiger partial charge in [0.05, 0.1) is 18.0 Å². The first-order valence-corrected chi connectivity index (χ1v) is 8.68. The number of rotatable bonds is 4. The van der Waals surface area contributed by atoms with Crippen molar-refractivity contribution in [3.63, 3.8) is 0 Å². The zero-order chi connectivity index (χ0) is 18.0. The maximum Gasteiger partial charge on any atom is 0.119 e. The molecule has 3 aromatic rings. The Balaban J connectivity index is 1.84. The van der Waals surface area contributed by atoms with Gasteiger partial charge < -0.3 is 4.74 Å². The zero-order valence-corrected chi connectivity index (χ0v) is 15.7. The molecule has 0 aliphatic heterocycles. The third-order valence-corrected chi connectivity index (χ3v) is 4.04. The van der Waals surface area contributed by atoms with E-state index in [1.807, 2.05) is 36.0 Å². The molecule has 3 nitrogen and oxygen atoms in total. The van der Waals surface area contributed by atoms with Crippen molar-refractivity contribution >= 4 is 0 Å². The molecule has 3 rings (SSSR count). The Labute approximate surface area is 150 Å². The lowest BCUT2D eigenvalue weighted by Crippen LogP contribution is -2.16. The SMILES string of the molecule is Cc1ccn(-c2cc(-c3ccc(OCC(C)(C)C)cc3)ccc2C)n1. The van der Waals surface area contributed by atoms with E-state index in [2.05, 4.69) is 63.1 Å². The molecule has 1 aromatic heterocycles. The molecule has 3 heteroatoms. The van der Waals surface area contributed by atoms with E-state index in [9.17, 15) is 0 Å². The van der Waals surface area contributed by atoms with Crippen molar-refractivity contribution in [2.45, 2.75) is 34.6 Å². The standard InChI is InChI=1S/C22H26N2O/c1-16-6-7-19(14-21(16)24-13-12-17(2)23-24)18-8-10-20(11-9-18)25-15-22(3,4)5/h6-14H,15H2,1-5H3. The van der Waals surface area contributed by atoms with Gasteiger partial charge in [0, 0.05) is 6.20 Å². The predicted molar refractivity (Wildman–Crippen MR) is 103 cm³/mol. The van der Waals surface area contributed by atoms with Gasteiger partial charge in [0.1, 0.15) is 5.75 Å². The van der Waals surface area contributed by atoms with Gasteiger partial charge in [-0.3, -0.25) is 0 Å². The van der Waals surface area contributed by atoms with Gasteiger partial charge in [-0.2, -0.15) is 5.10 Å². The van der Waals surface area contributed by atoms with E-state index in [0.29, 0.717) is 6.61 Å². The molecule has 1 heterocycles. The molecule has 130 valence electrons. The van der Waals surface area contributed by atoms with Crippen LogP contribution in [0.15, 0.2) is 54.7 Å². The van der Waals surface area contributed by atoms with Crippen molar-refractivity contribution in [3.8, 4) is 22.6 Å². The molecule has 2 aromatic carbocycles. The molecule has 0 spiro atoms. The third kappa shape index (κ3) is 4.30. The smallest absolute Gasteiger partial charge is 0.119 e. The quantitative estimate of drug-likeness (QED) is 0.622. The summed E-state index contributed by atoms with van der Waals surface area (Å²) in [4.78, 5) is 0. The predicted octanol–water partition coefficient (Wildman–Crippen LogP) is 5.58. The van der Waals surface area contributed by atoms with Gasteiger partial charge >= 0.3 is 0 Å². The summed E-state index contributed by atoms with van der Waals surface area (Å²) in [6, 6.07) is 16.8. The highest BCUT2D eigenvalue weighted by Gasteiger charge is 2.11. The molecule has 0 fully saturated rings. The molecular formula is C22H26N2O. The summed E-state index contributed by atoms with van der Waals surface area (Å²) in [6.07, 6.45) is 2.00. The van der Waals surface area contributed by atoms with Crippen molar-refractivity contribution in [3.05, 3.63) is 66.0 Å². The zero-order valence-electron chi connectivity index (χ0n) is 15.7. The molecule has 25 heavy (non-hydrogen) atoms. The maximum atomic E-state index is 5.86. The maximum absolute atomic E-state index is 5.86. The lowest BCUT2D eigenvalue weighted by Gasteiger charge is -2.19. The summed E-state index contributed by atoms with van der Waals surface area (Å²) in [7, 11) is 0. The van der Waals surface area contributed by atoms with Crippen LogP contribution >= 0.6 is 0 Å². The van der Waals surface area contributed by atoms with E-state index in [4.69, 9.17) is 4.74 Å². The van der Waals surface area contributed by atoms with Crippen LogP contribution in [0.25, 0.3) is 16.8 Å². The molecule has 0 bridgehead atoms. The Morgan fingerprint density at radius 2 is 1.60 bits per heavy atom. The molecule has 0 amide bonds. The van der Waals surface area contributed by atoms with E-state index < -0.39 is 0 Å². The average molecular weight is 334 g/mol. The molecule has 0 aliphatic rings. The van der Waals surface area contributed by atoms with Crippen molar-refractivity contribution in [2.75, 3.05) is 6.61 Å². The average Bonchev–Trinajstić information content (AvgIpc) is 2.99. The van der Waals surface area contributed by atoms with Gasteiger partial charge in [-0.05, 0) is 60.2 Å². The highest BCUT2D eigenvalue weighted by atomic mass is 16.5. The minimum atomic E-state index is 0.159. The number of hydrogen-bond donors (Lipinski definition) is 0. The minimum absolute atomic E-state index is 0.159. The van der Waals surface area contributed by atoms with Crippen LogP contribution in [0.3, 0.4) is 0 Å². The Morgan fingerprint density at radius 3 is 2.20 bits per heavy atom. The van der Waals surface area contributed by atoms with Crippen molar-refractivity contribution in [1.29, 1.82) is 0 Å². The summed E-state index contributed by atoms with van der Waals surface area (Å²) < 4.78 is 7.80. The van der Waals surface area contributed by atoms with Crippen LogP contribution in [0.1, 0.15) is 32.0 Å². The number of benzene rings is 2. The van der Waals surface area contributed by atoms with Crippen LogP contribution < -0.4 is 4.74 Å². The molecule has 0 N–H and O–H groups in total. The molecule has 0 saturated carbocycles. The van der Waals surface area contributed by atoms with Crippen LogP contribution in [0, 0.1) is 19.3 Å². The fourth-order valence-corrected chi connectivity index (χ4v) is 2.63. The third-order valence-electron chi connectivity index (χ3n) is 4.04. The van der Waals surface area contributed by atoms with Crippen LogP contribution in [0.2, 0.25) is 0 Å². The van der Waals surface area contributed by atoms with E-state index in [-0.39, 0.29) is 5.41 Å². The number of ether oxygens (including phenoxy) is 1. The lowest BCUT2D eigenvalue weighted by atomic mass is 9.98. The van der Waals surface area contributed by atoms with Gasteiger partial charge in [-0.15, -0.1) is 0 Å². The largest absolute Gasteiger partial charge is 0.493 e. The van der Waals surface area contributed by atoms with Gasteiger partial charge in [-0.1, -0.05) is 45.0 Å². The summed E-state index contributed by atoms with van der Waals surface area (Å²) in [6.45, 7) is 11.3. The fraction of sp³-hybridized carbons (Fsp3) is 0.318. The minimum Gasteiger partial charge on any atom is -0.493 e. The Bertz CT molecular complexity index is 854. The number of aromatic nitrogens is 2.